The summed E-state index contributed by atoms with van der Waals surface area (Å²) in [7, 11) is 0. The van der Waals surface area contributed by atoms with Gasteiger partial charge in [0.1, 0.15) is 16.8 Å². The normalized spacial score (nSPS) is 10.5. The van der Waals surface area contributed by atoms with E-state index < -0.39 is 0 Å². The number of nitrogens with zero attached hydrogens (tertiary/aromatic N) is 2. The van der Waals surface area contributed by atoms with Crippen LogP contribution >= 0.6 is 23.4 Å². The van der Waals surface area contributed by atoms with Gasteiger partial charge in [-0.2, -0.15) is 11.8 Å². The van der Waals surface area contributed by atoms with Crippen LogP contribution in [-0.2, 0) is 6.42 Å². The van der Waals surface area contributed by atoms with E-state index in [1.54, 1.807) is 6.07 Å². The molecular weight excluding hydrogens is 254 g/mol. The third-order valence-corrected chi connectivity index (χ3v) is 3.28. The summed E-state index contributed by atoms with van der Waals surface area (Å²) in [5.41, 5.74) is 0. The molecule has 0 aliphatic heterocycles. The topological polar surface area (TPSA) is 37.8 Å². The molecule has 0 amide bonds. The highest BCUT2D eigenvalue weighted by molar-refractivity contribution is 7.98. The highest BCUT2D eigenvalue weighted by Gasteiger charge is 2.00. The molecule has 0 atom stereocenters. The molecule has 0 unspecified atom stereocenters. The van der Waals surface area contributed by atoms with Crippen molar-refractivity contribution >= 4 is 29.2 Å². The molecule has 5 heteroatoms. The Hall–Kier alpha value is -0.480. The molecule has 0 aromatic carbocycles. The van der Waals surface area contributed by atoms with Gasteiger partial charge >= 0.3 is 0 Å². The van der Waals surface area contributed by atoms with E-state index >= 15 is 0 Å². The molecule has 0 bridgehead atoms. The number of halogens is 1. The second kappa shape index (κ2) is 8.59. The highest BCUT2D eigenvalue weighted by Crippen LogP contribution is 2.12. The Morgan fingerprint density at radius 2 is 2.12 bits per heavy atom. The van der Waals surface area contributed by atoms with E-state index in [9.17, 15) is 0 Å². The molecule has 0 aliphatic carbocycles. The Bertz CT molecular complexity index is 334. The summed E-state index contributed by atoms with van der Waals surface area (Å²) in [6, 6.07) is 1.78. The Morgan fingerprint density at radius 1 is 1.29 bits per heavy atom. The maximum Gasteiger partial charge on any atom is 0.134 e. The van der Waals surface area contributed by atoms with Gasteiger partial charge in [0.25, 0.3) is 0 Å². The molecular formula is C12H20ClN3S. The first-order chi connectivity index (χ1) is 8.26. The predicted octanol–water partition coefficient (Wildman–Crippen LogP) is 3.64. The van der Waals surface area contributed by atoms with Crippen LogP contribution in [0.2, 0.25) is 5.15 Å². The number of aryl methyl sites for hydroxylation is 1. The first-order valence-corrected chi connectivity index (χ1v) is 7.79. The number of rotatable bonds is 8. The van der Waals surface area contributed by atoms with Crippen LogP contribution in [0.5, 0.6) is 0 Å². The minimum absolute atomic E-state index is 0.515. The largest absolute Gasteiger partial charge is 0.370 e. The second-order valence-electron chi connectivity index (χ2n) is 3.83. The van der Waals surface area contributed by atoms with Crippen LogP contribution in [0.1, 0.15) is 32.0 Å². The molecule has 0 aliphatic rings. The number of hydrogen-bond acceptors (Lipinski definition) is 4. The van der Waals surface area contributed by atoms with Crippen molar-refractivity contribution in [3.63, 3.8) is 0 Å². The summed E-state index contributed by atoms with van der Waals surface area (Å²) in [5, 5.41) is 3.81. The van der Waals surface area contributed by atoms with Gasteiger partial charge in [-0.3, -0.25) is 0 Å². The van der Waals surface area contributed by atoms with E-state index in [4.69, 9.17) is 11.6 Å². The quantitative estimate of drug-likeness (QED) is 0.580. The van der Waals surface area contributed by atoms with Crippen molar-refractivity contribution in [1.29, 1.82) is 0 Å². The van der Waals surface area contributed by atoms with Crippen LogP contribution < -0.4 is 5.32 Å². The molecule has 0 spiro atoms. The monoisotopic (exact) mass is 273 g/mol. The maximum absolute atomic E-state index is 5.92. The number of nitrogens with one attached hydrogen (secondary N) is 1. The van der Waals surface area contributed by atoms with Crippen LogP contribution in [0.3, 0.4) is 0 Å². The lowest BCUT2D eigenvalue weighted by molar-refractivity contribution is 0.747. The van der Waals surface area contributed by atoms with Gasteiger partial charge in [0, 0.05) is 19.0 Å². The average molecular weight is 274 g/mol. The summed E-state index contributed by atoms with van der Waals surface area (Å²) in [4.78, 5) is 8.51. The van der Waals surface area contributed by atoms with Crippen LogP contribution in [0.4, 0.5) is 5.82 Å². The van der Waals surface area contributed by atoms with E-state index in [1.165, 1.54) is 25.0 Å². The van der Waals surface area contributed by atoms with Crippen molar-refractivity contribution in [3.8, 4) is 0 Å². The first-order valence-electron chi connectivity index (χ1n) is 6.02. The zero-order chi connectivity index (χ0) is 12.5. The van der Waals surface area contributed by atoms with Gasteiger partial charge in [0.05, 0.1) is 0 Å². The summed E-state index contributed by atoms with van der Waals surface area (Å²) in [6.07, 6.45) is 6.67. The first kappa shape index (κ1) is 14.6. The lowest BCUT2D eigenvalue weighted by Crippen LogP contribution is -2.05. The number of unbranched alkanes of at least 4 members (excludes halogenated alkanes) is 2. The second-order valence-corrected chi connectivity index (χ2v) is 5.20. The minimum atomic E-state index is 0.515. The Balaban J connectivity index is 2.28. The van der Waals surface area contributed by atoms with Crippen LogP contribution in [-0.4, -0.2) is 28.5 Å². The molecule has 1 aromatic heterocycles. The standard InChI is InChI=1S/C12H20ClN3S/c1-3-11-15-10(13)9-12(16-11)14-7-5-4-6-8-17-2/h9H,3-8H2,1-2H3,(H,14,15,16). The van der Waals surface area contributed by atoms with E-state index in [0.717, 1.165) is 24.6 Å². The van der Waals surface area contributed by atoms with Gasteiger partial charge in [-0.25, -0.2) is 9.97 Å². The molecule has 17 heavy (non-hydrogen) atoms. The molecule has 1 aromatic rings. The zero-order valence-electron chi connectivity index (χ0n) is 10.5. The van der Waals surface area contributed by atoms with Crippen molar-refractivity contribution in [2.45, 2.75) is 32.6 Å². The smallest absolute Gasteiger partial charge is 0.134 e. The fraction of sp³-hybridized carbons (Fsp3) is 0.667. The zero-order valence-corrected chi connectivity index (χ0v) is 12.1. The third kappa shape index (κ3) is 6.13. The lowest BCUT2D eigenvalue weighted by atomic mass is 10.2. The van der Waals surface area contributed by atoms with Crippen molar-refractivity contribution in [3.05, 3.63) is 17.0 Å². The molecule has 0 radical (unpaired) electrons. The number of thioether (sulfide) groups is 1. The van der Waals surface area contributed by atoms with Crippen molar-refractivity contribution in [2.75, 3.05) is 23.9 Å². The minimum Gasteiger partial charge on any atom is -0.370 e. The van der Waals surface area contributed by atoms with Crippen molar-refractivity contribution in [2.24, 2.45) is 0 Å². The van der Waals surface area contributed by atoms with E-state index in [1.807, 2.05) is 18.7 Å². The molecule has 96 valence electrons. The fourth-order valence-electron chi connectivity index (χ4n) is 1.48. The molecule has 1 rings (SSSR count). The predicted molar refractivity (Wildman–Crippen MR) is 77.1 cm³/mol. The lowest BCUT2D eigenvalue weighted by Gasteiger charge is -2.07. The Kier molecular flexibility index (Phi) is 7.37. The van der Waals surface area contributed by atoms with E-state index in [-0.39, 0.29) is 0 Å². The van der Waals surface area contributed by atoms with Crippen molar-refractivity contribution < 1.29 is 0 Å². The van der Waals surface area contributed by atoms with E-state index in [2.05, 4.69) is 21.5 Å². The number of hydrogen-bond donors (Lipinski definition) is 1. The summed E-state index contributed by atoms with van der Waals surface area (Å²) in [6.45, 7) is 2.97. The van der Waals surface area contributed by atoms with Gasteiger partial charge in [0.2, 0.25) is 0 Å². The molecule has 1 heterocycles. The van der Waals surface area contributed by atoms with Crippen LogP contribution in [0.25, 0.3) is 0 Å². The summed E-state index contributed by atoms with van der Waals surface area (Å²) >= 11 is 7.82. The average Bonchev–Trinajstić information content (AvgIpc) is 2.33. The molecule has 0 saturated heterocycles. The number of aromatic nitrogens is 2. The third-order valence-electron chi connectivity index (χ3n) is 2.39. The van der Waals surface area contributed by atoms with Gasteiger partial charge in [-0.15, -0.1) is 0 Å². The van der Waals surface area contributed by atoms with Gasteiger partial charge in [0.15, 0.2) is 0 Å². The van der Waals surface area contributed by atoms with Crippen LogP contribution in [0.15, 0.2) is 6.07 Å². The molecule has 3 nitrogen and oxygen atoms in total. The number of anilines is 1. The van der Waals surface area contributed by atoms with Gasteiger partial charge in [-0.1, -0.05) is 24.9 Å². The van der Waals surface area contributed by atoms with Crippen molar-refractivity contribution in [1.82, 2.24) is 9.97 Å². The Morgan fingerprint density at radius 3 is 2.82 bits per heavy atom. The molecule has 0 fully saturated rings. The molecule has 0 saturated carbocycles. The fourth-order valence-corrected chi connectivity index (χ4v) is 2.17. The van der Waals surface area contributed by atoms with Gasteiger partial charge in [-0.05, 0) is 24.9 Å². The summed E-state index contributed by atoms with van der Waals surface area (Å²) in [5.74, 6) is 2.88. The summed E-state index contributed by atoms with van der Waals surface area (Å²) < 4.78 is 0. The van der Waals surface area contributed by atoms with Gasteiger partial charge < -0.3 is 5.32 Å². The van der Waals surface area contributed by atoms with Crippen LogP contribution in [0, 0.1) is 0 Å². The Labute approximate surface area is 113 Å². The SMILES string of the molecule is CCc1nc(Cl)cc(NCCCCCSC)n1. The maximum atomic E-state index is 5.92. The molecule has 1 N–H and O–H groups in total. The highest BCUT2D eigenvalue weighted by atomic mass is 35.5. The van der Waals surface area contributed by atoms with E-state index in [0.29, 0.717) is 5.15 Å².